The molecular weight excluding hydrogens is 618 g/mol. The van der Waals surface area contributed by atoms with E-state index in [1.165, 1.54) is 32.1 Å². The fraction of sp³-hybridized carbons (Fsp3) is 0.368. The van der Waals surface area contributed by atoms with Gasteiger partial charge in [0, 0.05) is 16.1 Å². The van der Waals surface area contributed by atoms with E-state index in [1.807, 2.05) is 86.0 Å². The number of thioether (sulfide) groups is 1. The van der Waals surface area contributed by atoms with Gasteiger partial charge in [0.2, 0.25) is 0 Å². The highest BCUT2D eigenvalue weighted by atomic mass is 35.5. The molecule has 0 aliphatic heterocycles. The summed E-state index contributed by atoms with van der Waals surface area (Å²) >= 11 is 7.66. The number of aryl methyl sites for hydroxylation is 1. The number of rotatable bonds is 14. The molecule has 8 heteroatoms. The third kappa shape index (κ3) is 8.84. The molecule has 3 aromatic carbocycles. The topological polar surface area (TPSA) is 88.8 Å². The number of ether oxygens (including phenoxy) is 1. The Kier molecular flexibility index (Phi) is 12.0. The van der Waals surface area contributed by atoms with Crippen LogP contribution in [0.25, 0.3) is 22.5 Å². The largest absolute Gasteiger partial charge is 0.480 e. The van der Waals surface area contributed by atoms with Crippen LogP contribution >= 0.6 is 23.4 Å². The Morgan fingerprint density at radius 1 is 1.00 bits per heavy atom. The molecule has 1 saturated carbocycles. The van der Waals surface area contributed by atoms with Gasteiger partial charge in [-0.05, 0) is 108 Å². The minimum atomic E-state index is -1.04. The molecule has 1 fully saturated rings. The van der Waals surface area contributed by atoms with Crippen LogP contribution in [-0.2, 0) is 16.1 Å². The summed E-state index contributed by atoms with van der Waals surface area (Å²) < 4.78 is 13.0. The van der Waals surface area contributed by atoms with E-state index in [4.69, 9.17) is 20.8 Å². The van der Waals surface area contributed by atoms with Crippen LogP contribution in [0.3, 0.4) is 0 Å². The Morgan fingerprint density at radius 3 is 2.48 bits per heavy atom. The molecule has 4 aromatic rings. The van der Waals surface area contributed by atoms with Crippen LogP contribution in [0.2, 0.25) is 5.02 Å². The molecule has 0 radical (unpaired) electrons. The predicted octanol–water partition coefficient (Wildman–Crippen LogP) is 9.74. The van der Waals surface area contributed by atoms with Crippen LogP contribution in [0.1, 0.15) is 78.3 Å². The molecule has 1 aromatic heterocycles. The van der Waals surface area contributed by atoms with Crippen molar-refractivity contribution in [2.45, 2.75) is 70.6 Å². The maximum Gasteiger partial charge on any atom is 0.326 e. The second-order valence-electron chi connectivity index (χ2n) is 12.1. The lowest BCUT2D eigenvalue weighted by atomic mass is 9.85. The van der Waals surface area contributed by atoms with Crippen LogP contribution in [-0.4, -0.2) is 35.0 Å². The van der Waals surface area contributed by atoms with E-state index in [1.54, 1.807) is 17.8 Å². The number of amides is 1. The van der Waals surface area contributed by atoms with Gasteiger partial charge in [0.15, 0.2) is 0 Å². The molecule has 2 N–H and O–H groups in total. The Hall–Kier alpha value is -3.52. The quantitative estimate of drug-likeness (QED) is 0.140. The van der Waals surface area contributed by atoms with Gasteiger partial charge in [-0.1, -0.05) is 74.0 Å². The van der Waals surface area contributed by atoms with E-state index in [0.29, 0.717) is 35.3 Å². The van der Waals surface area contributed by atoms with Crippen molar-refractivity contribution in [3.63, 3.8) is 0 Å². The molecular formula is C38H42ClNO5S. The van der Waals surface area contributed by atoms with Crippen molar-refractivity contribution < 1.29 is 23.8 Å². The highest BCUT2D eigenvalue weighted by Crippen LogP contribution is 2.37. The van der Waals surface area contributed by atoms with Crippen LogP contribution in [0.15, 0.2) is 83.3 Å². The molecule has 1 heterocycles. The minimum absolute atomic E-state index is 0.221. The zero-order chi connectivity index (χ0) is 32.5. The lowest BCUT2D eigenvalue weighted by Gasteiger charge is -2.26. The molecule has 0 spiro atoms. The number of aliphatic carboxylic acids is 1. The molecule has 5 rings (SSSR count). The molecule has 1 aliphatic carbocycles. The Bertz CT molecular complexity index is 1610. The number of carboxylic acid groups (broad SMARTS) is 1. The molecule has 2 atom stereocenters. The van der Waals surface area contributed by atoms with Crippen molar-refractivity contribution in [1.82, 2.24) is 5.32 Å². The molecule has 46 heavy (non-hydrogen) atoms. The van der Waals surface area contributed by atoms with Crippen molar-refractivity contribution in [2.24, 2.45) is 5.92 Å². The highest BCUT2D eigenvalue weighted by molar-refractivity contribution is 7.98. The van der Waals surface area contributed by atoms with E-state index in [0.717, 1.165) is 45.8 Å². The maximum atomic E-state index is 13.5. The summed E-state index contributed by atoms with van der Waals surface area (Å²) in [4.78, 5) is 25.4. The number of furan rings is 1. The fourth-order valence-electron chi connectivity index (χ4n) is 6.19. The molecule has 0 bridgehead atoms. The van der Waals surface area contributed by atoms with Gasteiger partial charge < -0.3 is 19.6 Å². The molecule has 1 amide bonds. The maximum absolute atomic E-state index is 13.5. The first kappa shape index (κ1) is 33.8. The number of carboxylic acids is 1. The van der Waals surface area contributed by atoms with Gasteiger partial charge in [0.1, 0.15) is 23.7 Å². The zero-order valence-corrected chi connectivity index (χ0v) is 28.0. The number of carbonyl (C=O) groups excluding carboxylic acids is 1. The lowest BCUT2D eigenvalue weighted by Crippen LogP contribution is -2.41. The van der Waals surface area contributed by atoms with E-state index in [2.05, 4.69) is 5.32 Å². The van der Waals surface area contributed by atoms with Gasteiger partial charge in [0.25, 0.3) is 5.91 Å². The summed E-state index contributed by atoms with van der Waals surface area (Å²) in [6, 6.07) is 24.2. The van der Waals surface area contributed by atoms with Crippen molar-refractivity contribution in [3.05, 3.63) is 106 Å². The number of benzene rings is 3. The van der Waals surface area contributed by atoms with Crippen LogP contribution in [0.5, 0.6) is 0 Å². The first-order chi connectivity index (χ1) is 22.3. The molecule has 0 saturated heterocycles. The van der Waals surface area contributed by atoms with Gasteiger partial charge in [-0.25, -0.2) is 4.79 Å². The summed E-state index contributed by atoms with van der Waals surface area (Å²) in [5, 5.41) is 13.2. The summed E-state index contributed by atoms with van der Waals surface area (Å²) in [5.74, 6) is 1.35. The van der Waals surface area contributed by atoms with Crippen LogP contribution < -0.4 is 5.32 Å². The third-order valence-electron chi connectivity index (χ3n) is 8.77. The monoisotopic (exact) mass is 659 g/mol. The second kappa shape index (κ2) is 16.3. The number of hydrogen-bond acceptors (Lipinski definition) is 5. The number of carbonyl (C=O) groups is 2. The summed E-state index contributed by atoms with van der Waals surface area (Å²) in [7, 11) is 0. The average Bonchev–Trinajstić information content (AvgIpc) is 3.56. The molecule has 6 nitrogen and oxygen atoms in total. The lowest BCUT2D eigenvalue weighted by molar-refractivity contribution is -0.139. The van der Waals surface area contributed by atoms with Crippen LogP contribution in [0, 0.1) is 12.8 Å². The Morgan fingerprint density at radius 2 is 1.76 bits per heavy atom. The van der Waals surface area contributed by atoms with E-state index < -0.39 is 17.9 Å². The van der Waals surface area contributed by atoms with Gasteiger partial charge in [-0.15, -0.1) is 0 Å². The van der Waals surface area contributed by atoms with Crippen molar-refractivity contribution in [3.8, 4) is 22.5 Å². The highest BCUT2D eigenvalue weighted by Gasteiger charge is 2.25. The van der Waals surface area contributed by atoms with Gasteiger partial charge in [-0.2, -0.15) is 11.8 Å². The SMILES string of the molecule is CSCCC(NC(=O)c1ccc(COC(CC2CCCCC2)c2ccc(-c3ccc(Cl)cc3)o2)cc1-c1ccccc1C)C(=O)O. The van der Waals surface area contributed by atoms with Crippen molar-refractivity contribution in [2.75, 3.05) is 12.0 Å². The first-order valence-electron chi connectivity index (χ1n) is 16.0. The van der Waals surface area contributed by atoms with Gasteiger partial charge in [-0.3, -0.25) is 4.79 Å². The predicted molar refractivity (Wildman–Crippen MR) is 186 cm³/mol. The van der Waals surface area contributed by atoms with Crippen LogP contribution in [0.4, 0.5) is 0 Å². The Balaban J connectivity index is 1.41. The molecule has 242 valence electrons. The summed E-state index contributed by atoms with van der Waals surface area (Å²) in [6.07, 6.45) is 9.09. The van der Waals surface area contributed by atoms with E-state index >= 15 is 0 Å². The zero-order valence-electron chi connectivity index (χ0n) is 26.5. The van der Waals surface area contributed by atoms with Gasteiger partial charge in [0.05, 0.1) is 6.61 Å². The first-order valence-corrected chi connectivity index (χ1v) is 17.8. The third-order valence-corrected chi connectivity index (χ3v) is 9.67. The number of halogens is 1. The summed E-state index contributed by atoms with van der Waals surface area (Å²) in [5.41, 5.74) is 5.01. The molecule has 2 unspecified atom stereocenters. The average molecular weight is 660 g/mol. The normalized spacial score (nSPS) is 14.9. The Labute approximate surface area is 280 Å². The van der Waals surface area contributed by atoms with E-state index in [9.17, 15) is 14.7 Å². The number of hydrogen-bond donors (Lipinski definition) is 2. The van der Waals surface area contributed by atoms with Gasteiger partial charge >= 0.3 is 5.97 Å². The second-order valence-corrected chi connectivity index (χ2v) is 13.5. The molecule has 1 aliphatic rings. The van der Waals surface area contributed by atoms with E-state index in [-0.39, 0.29) is 6.10 Å². The standard InChI is InChI=1S/C38H42ClNO5S/c1-25-8-6-7-11-30(25)32-22-27(12-17-31(32)37(41)40-33(38(42)43)20-21-46-2)24-44-36(23-26-9-4-3-5-10-26)35-19-18-34(45-35)28-13-15-29(39)16-14-28/h6-8,11-19,22,26,33,36H,3-5,9-10,20-21,23-24H2,1-2H3,(H,40,41)(H,42,43). The number of nitrogens with one attached hydrogen (secondary N) is 1. The smallest absolute Gasteiger partial charge is 0.326 e. The van der Waals surface area contributed by atoms with Crippen molar-refractivity contribution in [1.29, 1.82) is 0 Å². The van der Waals surface area contributed by atoms with Crippen molar-refractivity contribution >= 4 is 35.2 Å². The summed E-state index contributed by atoms with van der Waals surface area (Å²) in [6.45, 7) is 2.34. The fourth-order valence-corrected chi connectivity index (χ4v) is 6.79. The minimum Gasteiger partial charge on any atom is -0.480 e.